The second-order valence-electron chi connectivity index (χ2n) is 6.31. The third-order valence-corrected chi connectivity index (χ3v) is 5.97. The molecule has 1 atom stereocenters. The van der Waals surface area contributed by atoms with Crippen LogP contribution in [0.3, 0.4) is 0 Å². The van der Waals surface area contributed by atoms with Gasteiger partial charge in [0.1, 0.15) is 5.01 Å². The SMILES string of the molecule is Cc1cc(=O)n2nc(CN(Cc3cccs3)C[C@H]3CCCO3)sc2n1. The van der Waals surface area contributed by atoms with Crippen LogP contribution < -0.4 is 5.56 Å². The highest BCUT2D eigenvalue weighted by molar-refractivity contribution is 7.16. The summed E-state index contributed by atoms with van der Waals surface area (Å²) in [6, 6.07) is 5.75. The third kappa shape index (κ3) is 3.98. The summed E-state index contributed by atoms with van der Waals surface area (Å²) in [5, 5.41) is 7.49. The summed E-state index contributed by atoms with van der Waals surface area (Å²) < 4.78 is 7.22. The van der Waals surface area contributed by atoms with E-state index < -0.39 is 0 Å². The second kappa shape index (κ2) is 7.33. The van der Waals surface area contributed by atoms with Gasteiger partial charge in [-0.25, -0.2) is 4.98 Å². The van der Waals surface area contributed by atoms with Crippen molar-refractivity contribution in [2.45, 2.75) is 39.0 Å². The fraction of sp³-hybridized carbons (Fsp3) is 0.471. The summed E-state index contributed by atoms with van der Waals surface area (Å²) in [5.41, 5.74) is 0.615. The van der Waals surface area contributed by atoms with Crippen LogP contribution in [0.1, 0.15) is 28.4 Å². The van der Waals surface area contributed by atoms with Crippen LogP contribution in [-0.4, -0.2) is 38.8 Å². The van der Waals surface area contributed by atoms with Crippen molar-refractivity contribution >= 4 is 27.6 Å². The highest BCUT2D eigenvalue weighted by Crippen LogP contribution is 2.20. The Morgan fingerprint density at radius 1 is 1.44 bits per heavy atom. The van der Waals surface area contributed by atoms with Gasteiger partial charge in [-0.15, -0.1) is 11.3 Å². The Bertz CT molecular complexity index is 897. The maximum Gasteiger partial charge on any atom is 0.275 e. The van der Waals surface area contributed by atoms with Crippen molar-refractivity contribution in [3.05, 3.63) is 49.5 Å². The van der Waals surface area contributed by atoms with Crippen molar-refractivity contribution in [2.24, 2.45) is 0 Å². The Hall–Kier alpha value is -1.61. The Morgan fingerprint density at radius 3 is 3.12 bits per heavy atom. The minimum Gasteiger partial charge on any atom is -0.377 e. The van der Waals surface area contributed by atoms with Crippen molar-refractivity contribution in [2.75, 3.05) is 13.2 Å². The number of thiophene rings is 1. The Balaban J connectivity index is 1.56. The molecule has 0 saturated carbocycles. The second-order valence-corrected chi connectivity index (χ2v) is 8.38. The summed E-state index contributed by atoms with van der Waals surface area (Å²) in [4.78, 5) is 20.8. The van der Waals surface area contributed by atoms with Gasteiger partial charge in [0, 0.05) is 36.3 Å². The van der Waals surface area contributed by atoms with Crippen LogP contribution in [0.2, 0.25) is 0 Å². The zero-order chi connectivity index (χ0) is 17.2. The van der Waals surface area contributed by atoms with Gasteiger partial charge >= 0.3 is 0 Å². The molecule has 0 aliphatic carbocycles. The fourth-order valence-electron chi connectivity index (χ4n) is 3.10. The van der Waals surface area contributed by atoms with Crippen LogP contribution in [0, 0.1) is 6.92 Å². The number of fused-ring (bicyclic) bond motifs is 1. The molecule has 8 heteroatoms. The maximum absolute atomic E-state index is 12.1. The van der Waals surface area contributed by atoms with E-state index in [1.807, 2.05) is 6.92 Å². The molecule has 1 fully saturated rings. The number of aryl methyl sites for hydroxylation is 1. The molecule has 3 aromatic heterocycles. The van der Waals surface area contributed by atoms with Gasteiger partial charge < -0.3 is 4.74 Å². The number of nitrogens with zero attached hydrogens (tertiary/aromatic N) is 4. The number of ether oxygens (including phenoxy) is 1. The van der Waals surface area contributed by atoms with Crippen molar-refractivity contribution in [1.82, 2.24) is 19.5 Å². The van der Waals surface area contributed by atoms with Gasteiger partial charge in [-0.1, -0.05) is 17.4 Å². The highest BCUT2D eigenvalue weighted by Gasteiger charge is 2.21. The monoisotopic (exact) mass is 376 g/mol. The standard InChI is InChI=1S/C17H20N4O2S2/c1-12-8-16(22)21-17(18-12)25-15(19-21)11-20(9-13-4-2-6-23-13)10-14-5-3-7-24-14/h3,5,7-8,13H,2,4,6,9-11H2,1H3/t13-/m1/s1. The zero-order valence-electron chi connectivity index (χ0n) is 14.1. The average molecular weight is 377 g/mol. The van der Waals surface area contributed by atoms with Crippen molar-refractivity contribution < 1.29 is 4.74 Å². The van der Waals surface area contributed by atoms with E-state index in [9.17, 15) is 4.79 Å². The van der Waals surface area contributed by atoms with E-state index in [0.29, 0.717) is 11.5 Å². The Labute approximate surface area is 153 Å². The molecule has 0 bridgehead atoms. The van der Waals surface area contributed by atoms with E-state index in [2.05, 4.69) is 32.5 Å². The molecule has 0 aromatic carbocycles. The summed E-state index contributed by atoms with van der Waals surface area (Å²) >= 11 is 3.25. The van der Waals surface area contributed by atoms with E-state index in [0.717, 1.165) is 43.2 Å². The van der Waals surface area contributed by atoms with Gasteiger partial charge in [0.05, 0.1) is 12.6 Å². The first-order valence-corrected chi connectivity index (χ1v) is 10.1. The maximum atomic E-state index is 12.1. The smallest absolute Gasteiger partial charge is 0.275 e. The van der Waals surface area contributed by atoms with Crippen LogP contribution in [0.25, 0.3) is 4.96 Å². The first kappa shape index (κ1) is 16.8. The Kier molecular flexibility index (Phi) is 4.93. The van der Waals surface area contributed by atoms with E-state index >= 15 is 0 Å². The molecule has 25 heavy (non-hydrogen) atoms. The third-order valence-electron chi connectivity index (χ3n) is 4.22. The lowest BCUT2D eigenvalue weighted by Crippen LogP contribution is -2.31. The lowest BCUT2D eigenvalue weighted by atomic mass is 10.2. The summed E-state index contributed by atoms with van der Waals surface area (Å²) in [6.45, 7) is 5.15. The fourth-order valence-corrected chi connectivity index (χ4v) is 4.83. The lowest BCUT2D eigenvalue weighted by molar-refractivity contribution is 0.0681. The first-order valence-electron chi connectivity index (χ1n) is 8.40. The van der Waals surface area contributed by atoms with Gasteiger partial charge in [0.15, 0.2) is 0 Å². The number of aromatic nitrogens is 3. The quantitative estimate of drug-likeness (QED) is 0.662. The lowest BCUT2D eigenvalue weighted by Gasteiger charge is -2.23. The van der Waals surface area contributed by atoms with Gasteiger partial charge in [0.2, 0.25) is 4.96 Å². The van der Waals surface area contributed by atoms with Crippen LogP contribution >= 0.6 is 22.7 Å². The molecule has 1 aliphatic heterocycles. The molecule has 4 rings (SSSR count). The van der Waals surface area contributed by atoms with Crippen molar-refractivity contribution in [1.29, 1.82) is 0 Å². The van der Waals surface area contributed by atoms with E-state index in [-0.39, 0.29) is 11.7 Å². The zero-order valence-corrected chi connectivity index (χ0v) is 15.7. The molecule has 1 saturated heterocycles. The minimum atomic E-state index is -0.117. The molecular formula is C17H20N4O2S2. The highest BCUT2D eigenvalue weighted by atomic mass is 32.1. The number of rotatable bonds is 6. The molecule has 0 amide bonds. The van der Waals surface area contributed by atoms with Crippen LogP contribution in [0.4, 0.5) is 0 Å². The predicted octanol–water partition coefficient (Wildman–Crippen LogP) is 2.70. The summed E-state index contributed by atoms with van der Waals surface area (Å²) in [5.74, 6) is 0. The van der Waals surface area contributed by atoms with Crippen molar-refractivity contribution in [3.8, 4) is 0 Å². The van der Waals surface area contributed by atoms with Crippen molar-refractivity contribution in [3.63, 3.8) is 0 Å². The number of hydrogen-bond acceptors (Lipinski definition) is 7. The molecular weight excluding hydrogens is 356 g/mol. The molecule has 0 unspecified atom stereocenters. The normalized spacial score (nSPS) is 17.8. The molecule has 4 heterocycles. The van der Waals surface area contributed by atoms with E-state index in [1.54, 1.807) is 11.3 Å². The van der Waals surface area contributed by atoms with Gasteiger partial charge in [0.25, 0.3) is 5.56 Å². The molecule has 3 aromatic rings. The molecule has 0 N–H and O–H groups in total. The molecule has 6 nitrogen and oxygen atoms in total. The van der Waals surface area contributed by atoms with Gasteiger partial charge in [-0.2, -0.15) is 9.61 Å². The topological polar surface area (TPSA) is 59.7 Å². The summed E-state index contributed by atoms with van der Waals surface area (Å²) in [7, 11) is 0. The van der Waals surface area contributed by atoms with Crippen LogP contribution in [0.5, 0.6) is 0 Å². The van der Waals surface area contributed by atoms with Gasteiger partial charge in [-0.05, 0) is 31.2 Å². The van der Waals surface area contributed by atoms with Gasteiger partial charge in [-0.3, -0.25) is 9.69 Å². The molecule has 132 valence electrons. The Morgan fingerprint density at radius 2 is 2.36 bits per heavy atom. The van der Waals surface area contributed by atoms with E-state index in [1.165, 1.54) is 26.8 Å². The van der Waals surface area contributed by atoms with Crippen LogP contribution in [0.15, 0.2) is 28.4 Å². The largest absolute Gasteiger partial charge is 0.377 e. The minimum absolute atomic E-state index is 0.117. The molecule has 0 radical (unpaired) electrons. The molecule has 1 aliphatic rings. The summed E-state index contributed by atoms with van der Waals surface area (Å²) in [6.07, 6.45) is 2.54. The molecule has 0 spiro atoms. The number of hydrogen-bond donors (Lipinski definition) is 0. The van der Waals surface area contributed by atoms with E-state index in [4.69, 9.17) is 4.74 Å². The van der Waals surface area contributed by atoms with Crippen LogP contribution in [-0.2, 0) is 17.8 Å². The average Bonchev–Trinajstić information content (AvgIpc) is 3.29. The first-order chi connectivity index (χ1) is 12.2. The predicted molar refractivity (Wildman–Crippen MR) is 99.3 cm³/mol.